The minimum Gasteiger partial charge on any atom is -0.355 e. The zero-order valence-corrected chi connectivity index (χ0v) is 10.3. The number of aromatic amines is 1. The summed E-state index contributed by atoms with van der Waals surface area (Å²) < 4.78 is 0. The maximum atomic E-state index is 11.8. The third kappa shape index (κ3) is 3.54. The van der Waals surface area contributed by atoms with Crippen LogP contribution < -0.4 is 5.32 Å². The quantitative estimate of drug-likeness (QED) is 0.729. The molecule has 2 N–H and O–H groups in total. The van der Waals surface area contributed by atoms with Crippen LogP contribution in [-0.2, 0) is 11.2 Å². The summed E-state index contributed by atoms with van der Waals surface area (Å²) in [4.78, 5) is 28.4. The van der Waals surface area contributed by atoms with E-state index in [1.165, 1.54) is 4.90 Å². The van der Waals surface area contributed by atoms with Gasteiger partial charge in [0.25, 0.3) is 5.91 Å². The molecule has 0 aromatic carbocycles. The van der Waals surface area contributed by atoms with Crippen molar-refractivity contribution in [1.29, 1.82) is 0 Å². The van der Waals surface area contributed by atoms with Gasteiger partial charge in [-0.05, 0) is 6.92 Å². The Labute approximate surface area is 99.6 Å². The van der Waals surface area contributed by atoms with Crippen LogP contribution in [0, 0.1) is 0 Å². The molecule has 0 radical (unpaired) electrons. The van der Waals surface area contributed by atoms with Gasteiger partial charge in [0.1, 0.15) is 5.82 Å². The summed E-state index contributed by atoms with van der Waals surface area (Å²) in [5.74, 6) is 0.176. The number of carbonyl (C=O) groups excluding carboxylic acids is 2. The number of nitrogens with one attached hydrogen (secondary N) is 2. The molecule has 0 saturated heterocycles. The molecule has 0 aliphatic carbocycles. The Hall–Kier alpha value is -1.92. The van der Waals surface area contributed by atoms with Crippen molar-refractivity contribution < 1.29 is 9.59 Å². The summed E-state index contributed by atoms with van der Waals surface area (Å²) in [5, 5.41) is 9.08. The average molecular weight is 239 g/mol. The molecule has 0 aliphatic heterocycles. The summed E-state index contributed by atoms with van der Waals surface area (Å²) >= 11 is 0. The molecule has 94 valence electrons. The number of aromatic nitrogens is 3. The molecule has 1 rings (SSSR count). The third-order valence-electron chi connectivity index (χ3n) is 2.16. The van der Waals surface area contributed by atoms with Crippen molar-refractivity contribution in [2.75, 3.05) is 20.1 Å². The normalized spacial score (nSPS) is 10.1. The van der Waals surface area contributed by atoms with Crippen molar-refractivity contribution in [2.24, 2.45) is 0 Å². The topological polar surface area (TPSA) is 91.0 Å². The van der Waals surface area contributed by atoms with E-state index in [4.69, 9.17) is 0 Å². The van der Waals surface area contributed by atoms with Crippen LogP contribution in [-0.4, -0.2) is 52.0 Å². The van der Waals surface area contributed by atoms with Crippen LogP contribution in [0.3, 0.4) is 0 Å². The molecule has 0 aliphatic rings. The Bertz CT molecular complexity index is 401. The first kappa shape index (κ1) is 13.1. The molecule has 0 atom stereocenters. The van der Waals surface area contributed by atoms with Crippen molar-refractivity contribution in [1.82, 2.24) is 25.4 Å². The lowest BCUT2D eigenvalue weighted by Gasteiger charge is -2.14. The molecule has 0 saturated carbocycles. The van der Waals surface area contributed by atoms with E-state index in [-0.39, 0.29) is 24.2 Å². The number of H-pyrrole nitrogens is 1. The molecule has 0 unspecified atom stereocenters. The zero-order chi connectivity index (χ0) is 12.8. The molecule has 1 aromatic heterocycles. The van der Waals surface area contributed by atoms with Crippen molar-refractivity contribution in [3.8, 4) is 0 Å². The van der Waals surface area contributed by atoms with Crippen LogP contribution >= 0.6 is 0 Å². The summed E-state index contributed by atoms with van der Waals surface area (Å²) in [5.41, 5.74) is 0. The number of aryl methyl sites for hydroxylation is 1. The molecular weight excluding hydrogens is 222 g/mol. The average Bonchev–Trinajstić information content (AvgIpc) is 2.76. The predicted octanol–water partition coefficient (Wildman–Crippen LogP) is -0.425. The number of amides is 2. The van der Waals surface area contributed by atoms with Crippen molar-refractivity contribution >= 4 is 11.8 Å². The van der Waals surface area contributed by atoms with Gasteiger partial charge in [-0.1, -0.05) is 6.92 Å². The van der Waals surface area contributed by atoms with E-state index in [9.17, 15) is 9.59 Å². The Morgan fingerprint density at radius 1 is 1.41 bits per heavy atom. The van der Waals surface area contributed by atoms with Gasteiger partial charge in [0.15, 0.2) is 0 Å². The second-order valence-corrected chi connectivity index (χ2v) is 3.57. The molecule has 7 heteroatoms. The lowest BCUT2D eigenvalue weighted by Crippen LogP contribution is -2.38. The largest absolute Gasteiger partial charge is 0.355 e. The van der Waals surface area contributed by atoms with E-state index in [1.807, 2.05) is 13.8 Å². The Morgan fingerprint density at radius 2 is 2.12 bits per heavy atom. The first-order valence-electron chi connectivity index (χ1n) is 5.51. The second-order valence-electron chi connectivity index (χ2n) is 3.57. The van der Waals surface area contributed by atoms with Crippen molar-refractivity contribution in [3.05, 3.63) is 11.6 Å². The number of hydrogen-bond acceptors (Lipinski definition) is 4. The van der Waals surface area contributed by atoms with Gasteiger partial charge in [-0.3, -0.25) is 14.7 Å². The molecule has 1 aromatic rings. The molecule has 0 fully saturated rings. The lowest BCUT2D eigenvalue weighted by atomic mass is 10.4. The number of rotatable bonds is 5. The fraction of sp³-hybridized carbons (Fsp3) is 0.600. The van der Waals surface area contributed by atoms with Crippen LogP contribution in [0.25, 0.3) is 0 Å². The summed E-state index contributed by atoms with van der Waals surface area (Å²) in [7, 11) is 1.54. The molecule has 0 bridgehead atoms. The van der Waals surface area contributed by atoms with Gasteiger partial charge in [-0.25, -0.2) is 4.98 Å². The first-order valence-corrected chi connectivity index (χ1v) is 5.51. The highest BCUT2D eigenvalue weighted by atomic mass is 16.2. The molecule has 1 heterocycles. The number of hydrogen-bond donors (Lipinski definition) is 2. The molecule has 17 heavy (non-hydrogen) atoms. The second kappa shape index (κ2) is 5.97. The molecule has 2 amide bonds. The van der Waals surface area contributed by atoms with Crippen molar-refractivity contribution in [2.45, 2.75) is 20.3 Å². The van der Waals surface area contributed by atoms with E-state index in [1.54, 1.807) is 7.05 Å². The van der Waals surface area contributed by atoms with E-state index in [0.717, 1.165) is 0 Å². The van der Waals surface area contributed by atoms with Crippen LogP contribution in [0.1, 0.15) is 30.3 Å². The van der Waals surface area contributed by atoms with Gasteiger partial charge in [0.05, 0.1) is 6.54 Å². The lowest BCUT2D eigenvalue weighted by molar-refractivity contribution is -0.121. The molecule has 0 spiro atoms. The van der Waals surface area contributed by atoms with E-state index < -0.39 is 0 Å². The van der Waals surface area contributed by atoms with Crippen molar-refractivity contribution in [3.63, 3.8) is 0 Å². The Morgan fingerprint density at radius 3 is 2.65 bits per heavy atom. The number of carbonyl (C=O) groups is 2. The molecule has 7 nitrogen and oxygen atoms in total. The fourth-order valence-electron chi connectivity index (χ4n) is 1.26. The summed E-state index contributed by atoms with van der Waals surface area (Å²) in [6, 6.07) is 0. The van der Waals surface area contributed by atoms with Gasteiger partial charge in [0.2, 0.25) is 11.7 Å². The van der Waals surface area contributed by atoms with Gasteiger partial charge in [0, 0.05) is 20.0 Å². The van der Waals surface area contributed by atoms with E-state index in [0.29, 0.717) is 18.8 Å². The fourth-order valence-corrected chi connectivity index (χ4v) is 1.26. The Balaban J connectivity index is 2.60. The predicted molar refractivity (Wildman–Crippen MR) is 61.4 cm³/mol. The van der Waals surface area contributed by atoms with Crippen LogP contribution in [0.2, 0.25) is 0 Å². The molecular formula is C10H17N5O2. The first-order chi connectivity index (χ1) is 8.08. The minimum absolute atomic E-state index is 0.00265. The SMILES string of the molecule is CCNC(=O)CN(C)C(=O)c1n[nH]c(CC)n1. The Kier molecular flexibility index (Phi) is 4.62. The minimum atomic E-state index is -0.368. The highest BCUT2D eigenvalue weighted by molar-refractivity contribution is 5.93. The van der Waals surface area contributed by atoms with Gasteiger partial charge < -0.3 is 10.2 Å². The summed E-state index contributed by atoms with van der Waals surface area (Å²) in [6.45, 7) is 4.28. The smallest absolute Gasteiger partial charge is 0.293 e. The number of nitrogens with zero attached hydrogens (tertiary/aromatic N) is 3. The van der Waals surface area contributed by atoms with Crippen LogP contribution in [0.4, 0.5) is 0 Å². The van der Waals surface area contributed by atoms with Crippen LogP contribution in [0.5, 0.6) is 0 Å². The highest BCUT2D eigenvalue weighted by Crippen LogP contribution is 1.98. The monoisotopic (exact) mass is 239 g/mol. The highest BCUT2D eigenvalue weighted by Gasteiger charge is 2.18. The zero-order valence-electron chi connectivity index (χ0n) is 10.3. The van der Waals surface area contributed by atoms with Gasteiger partial charge >= 0.3 is 0 Å². The van der Waals surface area contributed by atoms with Crippen LogP contribution in [0.15, 0.2) is 0 Å². The van der Waals surface area contributed by atoms with E-state index in [2.05, 4.69) is 20.5 Å². The van der Waals surface area contributed by atoms with Gasteiger partial charge in [-0.2, -0.15) is 0 Å². The maximum absolute atomic E-state index is 11.8. The summed E-state index contributed by atoms with van der Waals surface area (Å²) in [6.07, 6.45) is 0.681. The number of likely N-dealkylation sites (N-methyl/N-ethyl adjacent to an activating group) is 2. The van der Waals surface area contributed by atoms with E-state index >= 15 is 0 Å². The maximum Gasteiger partial charge on any atom is 0.293 e. The third-order valence-corrected chi connectivity index (χ3v) is 2.16. The van der Waals surface area contributed by atoms with Gasteiger partial charge in [-0.15, -0.1) is 5.10 Å². The standard InChI is InChI=1S/C10H17N5O2/c1-4-7-12-9(14-13-7)10(17)15(3)6-8(16)11-5-2/h4-6H2,1-3H3,(H,11,16)(H,12,13,14).